The number of hydrogen-bond acceptors (Lipinski definition) is 6. The van der Waals surface area contributed by atoms with Crippen LogP contribution in [0.4, 0.5) is 4.39 Å². The first-order valence-electron chi connectivity index (χ1n) is 10.4. The monoisotopic (exact) mass is 496 g/mol. The van der Waals surface area contributed by atoms with Crippen LogP contribution in [0.2, 0.25) is 5.02 Å². The number of aromatic nitrogens is 1. The lowest BCUT2D eigenvalue weighted by atomic mass is 10.2. The molecule has 1 aromatic heterocycles. The van der Waals surface area contributed by atoms with E-state index in [2.05, 4.69) is 10.3 Å². The van der Waals surface area contributed by atoms with Crippen LogP contribution in [0, 0.1) is 5.82 Å². The van der Waals surface area contributed by atoms with Gasteiger partial charge in [-0.25, -0.2) is 9.37 Å². The molecule has 3 aromatic carbocycles. The number of nitrogens with one attached hydrogen (secondary N) is 1. The van der Waals surface area contributed by atoms with Crippen molar-refractivity contribution in [2.24, 2.45) is 0 Å². The number of amides is 1. The third kappa shape index (κ3) is 4.83. The summed E-state index contributed by atoms with van der Waals surface area (Å²) in [6, 6.07) is 17.1. The molecular formula is C25H18ClFN2O4S. The topological polar surface area (TPSA) is 69.7 Å². The van der Waals surface area contributed by atoms with E-state index in [1.54, 1.807) is 41.8 Å². The van der Waals surface area contributed by atoms with Gasteiger partial charge < -0.3 is 19.5 Å². The summed E-state index contributed by atoms with van der Waals surface area (Å²) in [5.41, 5.74) is 2.33. The highest BCUT2D eigenvalue weighted by molar-refractivity contribution is 7.13. The Morgan fingerprint density at radius 3 is 2.82 bits per heavy atom. The van der Waals surface area contributed by atoms with Gasteiger partial charge in [-0.1, -0.05) is 35.9 Å². The molecule has 172 valence electrons. The second-order valence-electron chi connectivity index (χ2n) is 7.43. The van der Waals surface area contributed by atoms with E-state index in [0.29, 0.717) is 50.6 Å². The Labute approximate surface area is 203 Å². The van der Waals surface area contributed by atoms with Gasteiger partial charge >= 0.3 is 0 Å². The van der Waals surface area contributed by atoms with Gasteiger partial charge in [0.2, 0.25) is 6.79 Å². The maximum absolute atomic E-state index is 13.8. The molecule has 0 aliphatic carbocycles. The fraction of sp³-hybridized carbons (Fsp3) is 0.120. The summed E-state index contributed by atoms with van der Waals surface area (Å²) < 4.78 is 30.1. The van der Waals surface area contributed by atoms with Gasteiger partial charge in [-0.3, -0.25) is 4.79 Å². The van der Waals surface area contributed by atoms with E-state index in [0.717, 1.165) is 5.56 Å². The quantitative estimate of drug-likeness (QED) is 0.348. The summed E-state index contributed by atoms with van der Waals surface area (Å²) in [5.74, 6) is 1.26. The molecule has 0 unspecified atom stereocenters. The van der Waals surface area contributed by atoms with E-state index in [1.165, 1.54) is 17.4 Å². The highest BCUT2D eigenvalue weighted by atomic mass is 35.5. The first-order valence-corrected chi connectivity index (χ1v) is 11.6. The Morgan fingerprint density at radius 2 is 1.97 bits per heavy atom. The molecule has 1 aliphatic rings. The van der Waals surface area contributed by atoms with Gasteiger partial charge in [-0.2, -0.15) is 0 Å². The van der Waals surface area contributed by atoms with Crippen molar-refractivity contribution >= 4 is 28.8 Å². The molecule has 0 atom stereocenters. The normalized spacial score (nSPS) is 11.9. The van der Waals surface area contributed by atoms with Crippen molar-refractivity contribution in [1.29, 1.82) is 0 Å². The lowest BCUT2D eigenvalue weighted by molar-refractivity contribution is 0.0946. The van der Waals surface area contributed by atoms with Crippen molar-refractivity contribution in [3.63, 3.8) is 0 Å². The molecule has 2 heterocycles. The van der Waals surface area contributed by atoms with Gasteiger partial charge in [0.25, 0.3) is 5.91 Å². The first kappa shape index (κ1) is 22.2. The highest BCUT2D eigenvalue weighted by Gasteiger charge is 2.16. The summed E-state index contributed by atoms with van der Waals surface area (Å²) in [4.78, 5) is 17.0. The Kier molecular flexibility index (Phi) is 6.33. The lowest BCUT2D eigenvalue weighted by Crippen LogP contribution is -2.23. The molecule has 0 bridgehead atoms. The van der Waals surface area contributed by atoms with E-state index in [4.69, 9.17) is 25.8 Å². The third-order valence-corrected chi connectivity index (χ3v) is 6.34. The average molecular weight is 497 g/mol. The summed E-state index contributed by atoms with van der Waals surface area (Å²) >= 11 is 7.76. The molecule has 0 saturated heterocycles. The second-order valence-corrected chi connectivity index (χ2v) is 8.70. The molecule has 1 amide bonds. The van der Waals surface area contributed by atoms with Gasteiger partial charge in [0.1, 0.15) is 28.9 Å². The zero-order chi connectivity index (χ0) is 23.5. The number of ether oxygens (including phenoxy) is 3. The maximum atomic E-state index is 13.8. The standard InChI is InChI=1S/C25H18ClFN2O4S/c26-19-10-17(31-12-16-3-1-2-4-20(16)27)6-7-18(19)25-29-21(13-34-25)24(30)28-11-15-5-8-22-23(9-15)33-14-32-22/h1-10,13H,11-12,14H2,(H,28,30). The number of carbonyl (C=O) groups excluding carboxylic acids is 1. The predicted octanol–water partition coefficient (Wildman–Crippen LogP) is 5.84. The van der Waals surface area contributed by atoms with E-state index in [-0.39, 0.29) is 25.1 Å². The van der Waals surface area contributed by atoms with Crippen molar-refractivity contribution in [3.05, 3.63) is 93.7 Å². The number of fused-ring (bicyclic) bond motifs is 1. The number of halogens is 2. The number of hydrogen-bond donors (Lipinski definition) is 1. The van der Waals surface area contributed by atoms with Crippen molar-refractivity contribution in [1.82, 2.24) is 10.3 Å². The molecule has 0 saturated carbocycles. The van der Waals surface area contributed by atoms with Crippen LogP contribution in [0.1, 0.15) is 21.6 Å². The molecule has 0 spiro atoms. The number of benzene rings is 3. The van der Waals surface area contributed by atoms with Gasteiger partial charge in [-0.15, -0.1) is 11.3 Å². The van der Waals surface area contributed by atoms with Crippen LogP contribution in [0.3, 0.4) is 0 Å². The van der Waals surface area contributed by atoms with Crippen molar-refractivity contribution in [2.75, 3.05) is 6.79 Å². The smallest absolute Gasteiger partial charge is 0.271 e. The number of nitrogens with zero attached hydrogens (tertiary/aromatic N) is 1. The van der Waals surface area contributed by atoms with E-state index in [1.807, 2.05) is 18.2 Å². The van der Waals surface area contributed by atoms with Crippen LogP contribution in [0.15, 0.2) is 66.0 Å². The van der Waals surface area contributed by atoms with Crippen LogP contribution in [-0.2, 0) is 13.2 Å². The van der Waals surface area contributed by atoms with Gasteiger partial charge in [0.05, 0.1) is 5.02 Å². The molecule has 1 aliphatic heterocycles. The molecule has 34 heavy (non-hydrogen) atoms. The van der Waals surface area contributed by atoms with E-state index < -0.39 is 0 Å². The summed E-state index contributed by atoms with van der Waals surface area (Å²) in [6.45, 7) is 0.623. The van der Waals surface area contributed by atoms with Crippen LogP contribution in [0.25, 0.3) is 10.6 Å². The fourth-order valence-corrected chi connectivity index (χ4v) is 4.52. The SMILES string of the molecule is O=C(NCc1ccc2c(c1)OCO2)c1csc(-c2ccc(OCc3ccccc3F)cc2Cl)n1. The largest absolute Gasteiger partial charge is 0.489 e. The average Bonchev–Trinajstić information content (AvgIpc) is 3.52. The molecule has 5 rings (SSSR count). The lowest BCUT2D eigenvalue weighted by Gasteiger charge is -2.09. The molecule has 6 nitrogen and oxygen atoms in total. The zero-order valence-electron chi connectivity index (χ0n) is 17.7. The van der Waals surface area contributed by atoms with Crippen LogP contribution in [0.5, 0.6) is 17.2 Å². The minimum atomic E-state index is -0.322. The molecule has 4 aromatic rings. The number of rotatable bonds is 7. The van der Waals surface area contributed by atoms with Gasteiger partial charge in [0.15, 0.2) is 11.5 Å². The van der Waals surface area contributed by atoms with E-state index >= 15 is 0 Å². The van der Waals surface area contributed by atoms with Crippen LogP contribution >= 0.6 is 22.9 Å². The zero-order valence-corrected chi connectivity index (χ0v) is 19.3. The number of carbonyl (C=O) groups is 1. The van der Waals surface area contributed by atoms with Crippen molar-refractivity contribution in [3.8, 4) is 27.8 Å². The summed E-state index contributed by atoms with van der Waals surface area (Å²) in [5, 5.41) is 5.57. The molecule has 9 heteroatoms. The van der Waals surface area contributed by atoms with Gasteiger partial charge in [-0.05, 0) is 42.0 Å². The highest BCUT2D eigenvalue weighted by Crippen LogP contribution is 2.34. The molecular weight excluding hydrogens is 479 g/mol. The van der Waals surface area contributed by atoms with E-state index in [9.17, 15) is 9.18 Å². The van der Waals surface area contributed by atoms with Crippen LogP contribution in [-0.4, -0.2) is 17.7 Å². The minimum absolute atomic E-state index is 0.0906. The predicted molar refractivity (Wildman–Crippen MR) is 127 cm³/mol. The Morgan fingerprint density at radius 1 is 1.12 bits per heavy atom. The molecule has 1 N–H and O–H groups in total. The number of thiazole rings is 1. The van der Waals surface area contributed by atoms with Crippen molar-refractivity contribution in [2.45, 2.75) is 13.2 Å². The second kappa shape index (κ2) is 9.70. The Bertz CT molecular complexity index is 1360. The Hall–Kier alpha value is -3.62. The summed E-state index contributed by atoms with van der Waals surface area (Å²) in [6.07, 6.45) is 0. The Balaban J connectivity index is 1.22. The fourth-order valence-electron chi connectivity index (χ4n) is 3.36. The maximum Gasteiger partial charge on any atom is 0.271 e. The van der Waals surface area contributed by atoms with Crippen molar-refractivity contribution < 1.29 is 23.4 Å². The summed E-state index contributed by atoms with van der Waals surface area (Å²) in [7, 11) is 0. The van der Waals surface area contributed by atoms with Crippen LogP contribution < -0.4 is 19.5 Å². The minimum Gasteiger partial charge on any atom is -0.489 e. The first-order chi connectivity index (χ1) is 16.6. The third-order valence-electron chi connectivity index (χ3n) is 5.15. The molecule has 0 radical (unpaired) electrons. The van der Waals surface area contributed by atoms with Gasteiger partial charge in [0, 0.05) is 23.1 Å². The molecule has 0 fully saturated rings.